The fraction of sp³-hybridized carbons (Fsp3) is 0.400. The van der Waals surface area contributed by atoms with Gasteiger partial charge in [0.1, 0.15) is 16.7 Å². The number of carbonyl (C=O) groups is 1. The first kappa shape index (κ1) is 22.7. The monoisotopic (exact) mass is 479 g/mol. The van der Waals surface area contributed by atoms with Crippen molar-refractivity contribution in [2.24, 2.45) is 0 Å². The average Bonchev–Trinajstić information content (AvgIpc) is 3.43. The molecule has 3 aromatic rings. The lowest BCUT2D eigenvalue weighted by Gasteiger charge is -2.41. The molecule has 0 N–H and O–H groups in total. The van der Waals surface area contributed by atoms with Gasteiger partial charge in [0.05, 0.1) is 20.3 Å². The molecule has 0 radical (unpaired) electrons. The minimum absolute atomic E-state index is 0.00222. The summed E-state index contributed by atoms with van der Waals surface area (Å²) >= 11 is 1.52. The number of ether oxygens (including phenoxy) is 2. The van der Waals surface area contributed by atoms with Crippen molar-refractivity contribution in [1.29, 1.82) is 0 Å². The van der Waals surface area contributed by atoms with E-state index < -0.39 is 0 Å². The van der Waals surface area contributed by atoms with Gasteiger partial charge in [-0.3, -0.25) is 9.69 Å². The summed E-state index contributed by atoms with van der Waals surface area (Å²) in [6.07, 6.45) is 0.713. The number of piperazine rings is 1. The molecule has 2 atom stereocenters. The molecule has 8 nitrogen and oxygen atoms in total. The number of hydrogen-bond acceptors (Lipinski definition) is 8. The second kappa shape index (κ2) is 9.68. The maximum absolute atomic E-state index is 13.4. The summed E-state index contributed by atoms with van der Waals surface area (Å²) in [6.45, 7) is 5.43. The van der Waals surface area contributed by atoms with E-state index in [4.69, 9.17) is 9.47 Å². The van der Waals surface area contributed by atoms with Crippen LogP contribution in [0, 0.1) is 0 Å². The topological polar surface area (TPSA) is 72.7 Å². The maximum Gasteiger partial charge on any atom is 0.264 e. The van der Waals surface area contributed by atoms with Crippen LogP contribution < -0.4 is 14.4 Å². The van der Waals surface area contributed by atoms with Gasteiger partial charge < -0.3 is 14.4 Å². The SMILES string of the molecule is CCc1nc2n(n1)C(=O)C(C(c1cccc(OC)c1)N1CCN(c3ccc(OC)cc3)CC1)S2. The number of aryl methyl sites for hydroxylation is 1. The Morgan fingerprint density at radius 3 is 2.41 bits per heavy atom. The number of methoxy groups -OCH3 is 2. The molecule has 1 aromatic heterocycles. The molecule has 0 bridgehead atoms. The van der Waals surface area contributed by atoms with E-state index in [2.05, 4.69) is 38.1 Å². The van der Waals surface area contributed by atoms with Crippen LogP contribution in [0.1, 0.15) is 29.1 Å². The van der Waals surface area contributed by atoms with E-state index in [0.717, 1.165) is 43.2 Å². The van der Waals surface area contributed by atoms with E-state index in [9.17, 15) is 4.79 Å². The van der Waals surface area contributed by atoms with E-state index in [1.54, 1.807) is 14.2 Å². The maximum atomic E-state index is 13.4. The third kappa shape index (κ3) is 4.25. The van der Waals surface area contributed by atoms with Gasteiger partial charge in [0.25, 0.3) is 5.91 Å². The van der Waals surface area contributed by atoms with E-state index in [1.165, 1.54) is 22.1 Å². The number of thioether (sulfide) groups is 1. The van der Waals surface area contributed by atoms with Crippen LogP contribution in [0.4, 0.5) is 5.69 Å². The zero-order chi connectivity index (χ0) is 23.7. The first-order chi connectivity index (χ1) is 16.6. The third-order valence-corrected chi connectivity index (χ3v) is 7.68. The number of rotatable bonds is 7. The molecule has 0 aliphatic carbocycles. The molecule has 1 saturated heterocycles. The van der Waals surface area contributed by atoms with Gasteiger partial charge in [-0.05, 0) is 42.0 Å². The number of benzene rings is 2. The summed E-state index contributed by atoms with van der Waals surface area (Å²) in [7, 11) is 3.35. The van der Waals surface area contributed by atoms with E-state index in [1.807, 2.05) is 37.3 Å². The highest BCUT2D eigenvalue weighted by molar-refractivity contribution is 8.00. The zero-order valence-corrected chi connectivity index (χ0v) is 20.5. The summed E-state index contributed by atoms with van der Waals surface area (Å²) in [4.78, 5) is 22.8. The minimum Gasteiger partial charge on any atom is -0.497 e. The molecule has 34 heavy (non-hydrogen) atoms. The molecule has 0 saturated carbocycles. The third-order valence-electron chi connectivity index (χ3n) is 6.49. The van der Waals surface area contributed by atoms with Crippen LogP contribution in [-0.4, -0.2) is 71.2 Å². The molecule has 2 unspecified atom stereocenters. The summed E-state index contributed by atoms with van der Waals surface area (Å²) in [6, 6.07) is 16.1. The average molecular weight is 480 g/mol. The van der Waals surface area contributed by atoms with Crippen LogP contribution in [-0.2, 0) is 6.42 Å². The van der Waals surface area contributed by atoms with Gasteiger partial charge >= 0.3 is 0 Å². The van der Waals surface area contributed by atoms with Crippen LogP contribution >= 0.6 is 11.8 Å². The quantitative estimate of drug-likeness (QED) is 0.510. The molecule has 5 rings (SSSR count). The smallest absolute Gasteiger partial charge is 0.264 e. The highest BCUT2D eigenvalue weighted by atomic mass is 32.2. The highest BCUT2D eigenvalue weighted by Gasteiger charge is 2.43. The fourth-order valence-electron chi connectivity index (χ4n) is 4.65. The van der Waals surface area contributed by atoms with Crippen molar-refractivity contribution in [2.45, 2.75) is 29.8 Å². The first-order valence-electron chi connectivity index (χ1n) is 11.5. The Hall–Kier alpha value is -3.04. The number of anilines is 1. The molecule has 178 valence electrons. The van der Waals surface area contributed by atoms with Crippen molar-refractivity contribution >= 4 is 23.4 Å². The van der Waals surface area contributed by atoms with Crippen molar-refractivity contribution in [3.63, 3.8) is 0 Å². The summed E-state index contributed by atoms with van der Waals surface area (Å²) in [5.41, 5.74) is 2.26. The van der Waals surface area contributed by atoms with E-state index in [0.29, 0.717) is 17.4 Å². The molecule has 2 aromatic carbocycles. The molecule has 3 heterocycles. The Bertz CT molecular complexity index is 1160. The molecule has 9 heteroatoms. The largest absolute Gasteiger partial charge is 0.497 e. The van der Waals surface area contributed by atoms with Crippen LogP contribution in [0.2, 0.25) is 0 Å². The highest BCUT2D eigenvalue weighted by Crippen LogP contribution is 2.42. The predicted octanol–water partition coefficient (Wildman–Crippen LogP) is 3.54. The molecule has 2 aliphatic rings. The molecule has 0 spiro atoms. The number of hydrogen-bond donors (Lipinski definition) is 0. The van der Waals surface area contributed by atoms with Crippen LogP contribution in [0.15, 0.2) is 53.7 Å². The standard InChI is InChI=1S/C25H29N5O3S/c1-4-21-26-25-30(27-21)24(31)23(34-25)22(17-6-5-7-20(16-17)33-3)29-14-12-28(13-15-29)18-8-10-19(32-2)11-9-18/h5-11,16,22-23H,4,12-15H2,1-3H3. The first-order valence-corrected chi connectivity index (χ1v) is 12.4. The second-order valence-electron chi connectivity index (χ2n) is 8.40. The Morgan fingerprint density at radius 2 is 1.76 bits per heavy atom. The number of carbonyl (C=O) groups excluding carboxylic acids is 1. The molecule has 2 aliphatic heterocycles. The van der Waals surface area contributed by atoms with Crippen LogP contribution in [0.25, 0.3) is 0 Å². The minimum atomic E-state index is -0.305. The van der Waals surface area contributed by atoms with Gasteiger partial charge in [0, 0.05) is 38.3 Å². The van der Waals surface area contributed by atoms with Gasteiger partial charge in [-0.25, -0.2) is 4.98 Å². The molecular weight excluding hydrogens is 450 g/mol. The zero-order valence-electron chi connectivity index (χ0n) is 19.7. The Balaban J connectivity index is 1.39. The Morgan fingerprint density at radius 1 is 1.03 bits per heavy atom. The fourth-order valence-corrected chi connectivity index (χ4v) is 5.92. The Labute approximate surface area is 203 Å². The molecule has 1 fully saturated rings. The van der Waals surface area contributed by atoms with Crippen LogP contribution in [0.3, 0.4) is 0 Å². The van der Waals surface area contributed by atoms with Gasteiger partial charge in [-0.15, -0.1) is 5.10 Å². The van der Waals surface area contributed by atoms with E-state index >= 15 is 0 Å². The lowest BCUT2D eigenvalue weighted by atomic mass is 9.99. The van der Waals surface area contributed by atoms with Gasteiger partial charge in [-0.2, -0.15) is 4.68 Å². The number of aromatic nitrogens is 3. The lowest BCUT2D eigenvalue weighted by Crippen LogP contribution is -2.50. The molecule has 0 amide bonds. The summed E-state index contributed by atoms with van der Waals surface area (Å²) in [5.74, 6) is 2.35. The predicted molar refractivity (Wildman–Crippen MR) is 132 cm³/mol. The normalized spacial score (nSPS) is 19.2. The molecular formula is C25H29N5O3S. The van der Waals surface area contributed by atoms with Gasteiger partial charge in [0.15, 0.2) is 11.0 Å². The van der Waals surface area contributed by atoms with E-state index in [-0.39, 0.29) is 17.2 Å². The van der Waals surface area contributed by atoms with Crippen molar-refractivity contribution in [1.82, 2.24) is 19.7 Å². The van der Waals surface area contributed by atoms with Gasteiger partial charge in [0.2, 0.25) is 0 Å². The van der Waals surface area contributed by atoms with Crippen molar-refractivity contribution in [3.8, 4) is 11.5 Å². The Kier molecular flexibility index (Phi) is 6.47. The second-order valence-corrected chi connectivity index (χ2v) is 9.50. The summed E-state index contributed by atoms with van der Waals surface area (Å²) in [5, 5.41) is 4.82. The summed E-state index contributed by atoms with van der Waals surface area (Å²) < 4.78 is 12.3. The van der Waals surface area contributed by atoms with Crippen LogP contribution in [0.5, 0.6) is 11.5 Å². The number of nitrogens with zero attached hydrogens (tertiary/aromatic N) is 5. The van der Waals surface area contributed by atoms with Gasteiger partial charge in [-0.1, -0.05) is 30.8 Å². The lowest BCUT2D eigenvalue weighted by molar-refractivity contribution is 0.0829. The van der Waals surface area contributed by atoms with Crippen molar-refractivity contribution in [2.75, 3.05) is 45.3 Å². The number of fused-ring (bicyclic) bond motifs is 1. The van der Waals surface area contributed by atoms with Crippen molar-refractivity contribution < 1.29 is 14.3 Å². The van der Waals surface area contributed by atoms with Crippen molar-refractivity contribution in [3.05, 3.63) is 59.9 Å².